The van der Waals surface area contributed by atoms with Gasteiger partial charge in [-0.25, -0.2) is 4.39 Å². The van der Waals surface area contributed by atoms with Crippen molar-refractivity contribution in [2.24, 2.45) is 0 Å². The molecule has 2 aromatic rings. The molecule has 3 heteroatoms. The van der Waals surface area contributed by atoms with Gasteiger partial charge in [-0.15, -0.1) is 0 Å². The van der Waals surface area contributed by atoms with E-state index < -0.39 is 0 Å². The normalized spacial score (nSPS) is 16.6. The van der Waals surface area contributed by atoms with Crippen LogP contribution < -0.4 is 0 Å². The number of hydrogen-bond donors (Lipinski definition) is 0. The summed E-state index contributed by atoms with van der Waals surface area (Å²) in [5.74, 6) is 0.470. The van der Waals surface area contributed by atoms with E-state index in [1.807, 2.05) is 48.6 Å². The van der Waals surface area contributed by atoms with Crippen molar-refractivity contribution in [1.29, 1.82) is 0 Å². The first-order chi connectivity index (χ1) is 14.2. The fraction of sp³-hybridized carbons (Fsp3) is 0.154. The van der Waals surface area contributed by atoms with Gasteiger partial charge in [-0.1, -0.05) is 79.9 Å². The Hall–Kier alpha value is -3.17. The summed E-state index contributed by atoms with van der Waals surface area (Å²) >= 11 is 0. The van der Waals surface area contributed by atoms with Crippen LogP contribution in [0.3, 0.4) is 0 Å². The van der Waals surface area contributed by atoms with E-state index in [9.17, 15) is 4.39 Å². The largest absolute Gasteiger partial charge is 0.489 e. The van der Waals surface area contributed by atoms with Crippen LogP contribution in [0.15, 0.2) is 109 Å². The third kappa shape index (κ3) is 5.66. The van der Waals surface area contributed by atoms with Gasteiger partial charge in [-0.05, 0) is 41.3 Å². The lowest BCUT2D eigenvalue weighted by atomic mass is 9.93. The SMILES string of the molecule is C=C/C=C(\C=C)COC1CC=CC(OCc2ccccc2)=C1c1ccc(F)cc1. The molecule has 1 aliphatic rings. The summed E-state index contributed by atoms with van der Waals surface area (Å²) in [6.45, 7) is 8.40. The average Bonchev–Trinajstić information content (AvgIpc) is 2.76. The first-order valence-electron chi connectivity index (χ1n) is 9.60. The van der Waals surface area contributed by atoms with Gasteiger partial charge in [-0.2, -0.15) is 0 Å². The monoisotopic (exact) mass is 388 g/mol. The molecule has 0 bridgehead atoms. The Bertz CT molecular complexity index is 921. The van der Waals surface area contributed by atoms with Gasteiger partial charge < -0.3 is 9.47 Å². The third-order valence-corrected chi connectivity index (χ3v) is 4.64. The molecule has 148 valence electrons. The van der Waals surface area contributed by atoms with Crippen LogP contribution in [0.1, 0.15) is 17.5 Å². The van der Waals surface area contributed by atoms with Crippen LogP contribution in [0.5, 0.6) is 0 Å². The first-order valence-corrected chi connectivity index (χ1v) is 9.60. The molecule has 0 amide bonds. The van der Waals surface area contributed by atoms with Crippen LogP contribution in [0.2, 0.25) is 0 Å². The molecule has 0 saturated carbocycles. The second-order valence-electron chi connectivity index (χ2n) is 6.68. The zero-order valence-electron chi connectivity index (χ0n) is 16.4. The van der Waals surface area contributed by atoms with Crippen LogP contribution in [-0.4, -0.2) is 12.7 Å². The minimum atomic E-state index is -0.271. The molecule has 0 aliphatic heterocycles. The molecule has 3 rings (SSSR count). The van der Waals surface area contributed by atoms with E-state index in [0.717, 1.165) is 28.0 Å². The second kappa shape index (κ2) is 10.4. The molecule has 2 nitrogen and oxygen atoms in total. The topological polar surface area (TPSA) is 18.5 Å². The van der Waals surface area contributed by atoms with E-state index >= 15 is 0 Å². The number of benzene rings is 2. The van der Waals surface area contributed by atoms with Gasteiger partial charge in [0.05, 0.1) is 12.7 Å². The maximum atomic E-state index is 13.5. The Morgan fingerprint density at radius 2 is 1.83 bits per heavy atom. The number of allylic oxidation sites excluding steroid dienone is 3. The maximum absolute atomic E-state index is 13.5. The molecule has 0 N–H and O–H groups in total. The summed E-state index contributed by atoms with van der Waals surface area (Å²) in [5.41, 5.74) is 3.83. The minimum Gasteiger partial charge on any atom is -0.489 e. The second-order valence-corrected chi connectivity index (χ2v) is 6.68. The fourth-order valence-corrected chi connectivity index (χ4v) is 3.16. The highest BCUT2D eigenvalue weighted by atomic mass is 19.1. The Labute approximate surface area is 172 Å². The van der Waals surface area contributed by atoms with Crippen LogP contribution >= 0.6 is 0 Å². The maximum Gasteiger partial charge on any atom is 0.125 e. The van der Waals surface area contributed by atoms with Crippen LogP contribution in [0, 0.1) is 5.82 Å². The van der Waals surface area contributed by atoms with E-state index in [1.54, 1.807) is 24.3 Å². The Balaban J connectivity index is 1.88. The van der Waals surface area contributed by atoms with E-state index in [0.29, 0.717) is 19.6 Å². The summed E-state index contributed by atoms with van der Waals surface area (Å²) in [6, 6.07) is 16.4. The van der Waals surface area contributed by atoms with Crippen molar-refractivity contribution in [3.05, 3.63) is 126 Å². The van der Waals surface area contributed by atoms with Gasteiger partial charge in [0.15, 0.2) is 0 Å². The zero-order valence-corrected chi connectivity index (χ0v) is 16.4. The van der Waals surface area contributed by atoms with E-state index in [2.05, 4.69) is 13.2 Å². The third-order valence-electron chi connectivity index (χ3n) is 4.64. The zero-order chi connectivity index (χ0) is 20.5. The van der Waals surface area contributed by atoms with Crippen molar-refractivity contribution in [2.75, 3.05) is 6.61 Å². The summed E-state index contributed by atoms with van der Waals surface area (Å²) in [7, 11) is 0. The number of hydrogen-bond acceptors (Lipinski definition) is 2. The Morgan fingerprint density at radius 1 is 1.07 bits per heavy atom. The molecule has 0 spiro atoms. The molecule has 0 radical (unpaired) electrons. The van der Waals surface area contributed by atoms with Crippen molar-refractivity contribution in [3.8, 4) is 0 Å². The van der Waals surface area contributed by atoms with Gasteiger partial charge in [-0.3, -0.25) is 0 Å². The molecule has 29 heavy (non-hydrogen) atoms. The summed E-state index contributed by atoms with van der Waals surface area (Å²) < 4.78 is 25.8. The van der Waals surface area contributed by atoms with E-state index in [-0.39, 0.29) is 11.9 Å². The Morgan fingerprint density at radius 3 is 2.52 bits per heavy atom. The quantitative estimate of drug-likeness (QED) is 0.463. The Kier molecular flexibility index (Phi) is 7.37. The van der Waals surface area contributed by atoms with E-state index in [4.69, 9.17) is 9.47 Å². The lowest BCUT2D eigenvalue weighted by Gasteiger charge is -2.26. The molecular weight excluding hydrogens is 363 g/mol. The molecule has 2 aromatic carbocycles. The molecular formula is C26H25FO2. The minimum absolute atomic E-state index is 0.204. The first kappa shape index (κ1) is 20.6. The van der Waals surface area contributed by atoms with Gasteiger partial charge in [0, 0.05) is 5.57 Å². The summed E-state index contributed by atoms with van der Waals surface area (Å²) in [4.78, 5) is 0. The van der Waals surface area contributed by atoms with Gasteiger partial charge in [0.25, 0.3) is 0 Å². The van der Waals surface area contributed by atoms with Crippen LogP contribution in [-0.2, 0) is 16.1 Å². The average molecular weight is 388 g/mol. The van der Waals surface area contributed by atoms with Crippen molar-refractivity contribution >= 4 is 5.57 Å². The molecule has 1 aliphatic carbocycles. The van der Waals surface area contributed by atoms with Crippen molar-refractivity contribution < 1.29 is 13.9 Å². The number of rotatable bonds is 9. The van der Waals surface area contributed by atoms with Gasteiger partial charge in [0.2, 0.25) is 0 Å². The van der Waals surface area contributed by atoms with Gasteiger partial charge >= 0.3 is 0 Å². The van der Waals surface area contributed by atoms with Crippen LogP contribution in [0.4, 0.5) is 4.39 Å². The van der Waals surface area contributed by atoms with Crippen molar-refractivity contribution in [1.82, 2.24) is 0 Å². The lowest BCUT2D eigenvalue weighted by Crippen LogP contribution is -2.20. The van der Waals surface area contributed by atoms with Crippen molar-refractivity contribution in [3.63, 3.8) is 0 Å². The molecule has 1 unspecified atom stereocenters. The standard InChI is InChI=1S/C26H25FO2/c1-3-9-20(4-2)18-28-24-12-8-13-25(29-19-21-10-6-5-7-11-21)26(24)22-14-16-23(27)17-15-22/h3-11,13-17,24H,1-2,12,18-19H2/b20-9+. The molecule has 0 saturated heterocycles. The highest BCUT2D eigenvalue weighted by Crippen LogP contribution is 2.32. The number of ether oxygens (including phenoxy) is 2. The highest BCUT2D eigenvalue weighted by Gasteiger charge is 2.24. The summed E-state index contributed by atoms with van der Waals surface area (Å²) in [6.07, 6.45) is 9.87. The smallest absolute Gasteiger partial charge is 0.125 e. The molecule has 0 aromatic heterocycles. The fourth-order valence-electron chi connectivity index (χ4n) is 3.16. The summed E-state index contributed by atoms with van der Waals surface area (Å²) in [5, 5.41) is 0. The molecule has 0 fully saturated rings. The predicted octanol–water partition coefficient (Wildman–Crippen LogP) is 6.40. The van der Waals surface area contributed by atoms with Gasteiger partial charge in [0.1, 0.15) is 18.2 Å². The molecule has 1 atom stereocenters. The van der Waals surface area contributed by atoms with E-state index in [1.165, 1.54) is 12.1 Å². The van der Waals surface area contributed by atoms with Crippen LogP contribution in [0.25, 0.3) is 5.57 Å². The molecule has 0 heterocycles. The lowest BCUT2D eigenvalue weighted by molar-refractivity contribution is 0.108. The highest BCUT2D eigenvalue weighted by molar-refractivity contribution is 5.74. The van der Waals surface area contributed by atoms with Crippen molar-refractivity contribution in [2.45, 2.75) is 19.1 Å². The number of halogens is 1. The predicted molar refractivity (Wildman–Crippen MR) is 117 cm³/mol.